The van der Waals surface area contributed by atoms with Crippen LogP contribution in [0, 0.1) is 11.3 Å². The van der Waals surface area contributed by atoms with E-state index < -0.39 is 0 Å². The first-order valence-corrected chi connectivity index (χ1v) is 7.35. The molecule has 2 nitrogen and oxygen atoms in total. The molecule has 1 saturated carbocycles. The number of hydrogen-bond donors (Lipinski definition) is 0. The summed E-state index contributed by atoms with van der Waals surface area (Å²) in [6.07, 6.45) is 5.74. The van der Waals surface area contributed by atoms with Gasteiger partial charge in [-0.15, -0.1) is 0 Å². The van der Waals surface area contributed by atoms with E-state index in [0.717, 1.165) is 32.4 Å². The molecular formula is C13H22BrNO. The Bertz CT molecular complexity index is 269. The van der Waals surface area contributed by atoms with E-state index in [2.05, 4.69) is 34.7 Å². The lowest BCUT2D eigenvalue weighted by molar-refractivity contribution is -0.139. The van der Waals surface area contributed by atoms with Crippen LogP contribution in [0.3, 0.4) is 0 Å². The molecule has 0 aromatic carbocycles. The van der Waals surface area contributed by atoms with Crippen molar-refractivity contribution in [2.45, 2.75) is 50.8 Å². The van der Waals surface area contributed by atoms with Crippen LogP contribution in [0.15, 0.2) is 0 Å². The van der Waals surface area contributed by atoms with E-state index in [1.807, 2.05) is 0 Å². The second kappa shape index (κ2) is 4.67. The first-order chi connectivity index (χ1) is 7.50. The van der Waals surface area contributed by atoms with E-state index >= 15 is 0 Å². The van der Waals surface area contributed by atoms with Crippen LogP contribution < -0.4 is 0 Å². The monoisotopic (exact) mass is 287 g/mol. The van der Waals surface area contributed by atoms with Gasteiger partial charge in [-0.25, -0.2) is 0 Å². The van der Waals surface area contributed by atoms with Crippen LogP contribution in [0.2, 0.25) is 0 Å². The molecule has 0 aromatic rings. The van der Waals surface area contributed by atoms with Gasteiger partial charge in [-0.2, -0.15) is 0 Å². The van der Waals surface area contributed by atoms with Crippen LogP contribution in [-0.4, -0.2) is 28.7 Å². The highest BCUT2D eigenvalue weighted by Gasteiger charge is 2.41. The van der Waals surface area contributed by atoms with Gasteiger partial charge in [-0.05, 0) is 31.1 Å². The topological polar surface area (TPSA) is 20.3 Å². The molecule has 92 valence electrons. The number of amides is 1. The number of nitrogens with zero attached hydrogens (tertiary/aromatic N) is 1. The van der Waals surface area contributed by atoms with E-state index in [4.69, 9.17) is 0 Å². The number of rotatable bonds is 1. The van der Waals surface area contributed by atoms with E-state index in [0.29, 0.717) is 10.7 Å². The summed E-state index contributed by atoms with van der Waals surface area (Å²) >= 11 is 3.63. The fourth-order valence-corrected chi connectivity index (χ4v) is 3.48. The summed E-state index contributed by atoms with van der Waals surface area (Å²) in [4.78, 5) is 15.1. The molecule has 16 heavy (non-hydrogen) atoms. The predicted octanol–water partition coefficient (Wildman–Crippen LogP) is 3.20. The quantitative estimate of drug-likeness (QED) is 0.679. The molecule has 1 aliphatic heterocycles. The van der Waals surface area contributed by atoms with Gasteiger partial charge in [0.15, 0.2) is 0 Å². The van der Waals surface area contributed by atoms with Gasteiger partial charge in [0.1, 0.15) is 0 Å². The fourth-order valence-electron chi connectivity index (χ4n) is 3.07. The molecule has 1 heterocycles. The summed E-state index contributed by atoms with van der Waals surface area (Å²) < 4.78 is 0. The molecule has 1 amide bonds. The highest BCUT2D eigenvalue weighted by atomic mass is 79.9. The van der Waals surface area contributed by atoms with Gasteiger partial charge >= 0.3 is 0 Å². The molecule has 2 fully saturated rings. The van der Waals surface area contributed by atoms with Gasteiger partial charge in [0.05, 0.1) is 0 Å². The van der Waals surface area contributed by atoms with Crippen molar-refractivity contribution in [2.75, 3.05) is 13.1 Å². The van der Waals surface area contributed by atoms with E-state index in [1.165, 1.54) is 12.8 Å². The zero-order valence-electron chi connectivity index (χ0n) is 10.3. The van der Waals surface area contributed by atoms with Crippen molar-refractivity contribution in [3.63, 3.8) is 0 Å². The zero-order valence-corrected chi connectivity index (χ0v) is 11.9. The molecule has 2 aliphatic rings. The summed E-state index contributed by atoms with van der Waals surface area (Å²) in [6.45, 7) is 6.39. The Morgan fingerprint density at radius 1 is 1.25 bits per heavy atom. The number of piperidine rings is 1. The summed E-state index contributed by atoms with van der Waals surface area (Å²) in [5, 5.41) is 0. The maximum absolute atomic E-state index is 12.4. The van der Waals surface area contributed by atoms with Crippen LogP contribution in [0.1, 0.15) is 46.0 Å². The smallest absolute Gasteiger partial charge is 0.226 e. The second-order valence-corrected chi connectivity index (χ2v) is 7.23. The maximum atomic E-state index is 12.4. The van der Waals surface area contributed by atoms with Gasteiger partial charge in [-0.3, -0.25) is 4.79 Å². The normalized spacial score (nSPS) is 30.7. The Morgan fingerprint density at radius 2 is 1.88 bits per heavy atom. The van der Waals surface area contributed by atoms with Gasteiger partial charge in [0.2, 0.25) is 5.91 Å². The van der Waals surface area contributed by atoms with Crippen LogP contribution in [0.25, 0.3) is 0 Å². The van der Waals surface area contributed by atoms with Crippen molar-refractivity contribution < 1.29 is 4.79 Å². The van der Waals surface area contributed by atoms with Gasteiger partial charge < -0.3 is 4.90 Å². The molecule has 0 spiro atoms. The second-order valence-electron chi connectivity index (χ2n) is 5.93. The van der Waals surface area contributed by atoms with Crippen LogP contribution in [0.4, 0.5) is 0 Å². The fraction of sp³-hybridized carbons (Fsp3) is 0.923. The molecule has 0 radical (unpaired) electrons. The number of carbonyl (C=O) groups is 1. The summed E-state index contributed by atoms with van der Waals surface area (Å²) in [6, 6.07) is 0. The third-order valence-corrected chi connectivity index (χ3v) is 5.21. The number of halogens is 1. The first kappa shape index (κ1) is 12.4. The molecule has 0 N–H and O–H groups in total. The highest BCUT2D eigenvalue weighted by Crippen LogP contribution is 2.43. The third-order valence-electron chi connectivity index (χ3n) is 4.29. The van der Waals surface area contributed by atoms with Crippen LogP contribution >= 0.6 is 15.9 Å². The van der Waals surface area contributed by atoms with Crippen LogP contribution in [0.5, 0.6) is 0 Å². The van der Waals surface area contributed by atoms with Gasteiger partial charge in [0.25, 0.3) is 0 Å². The van der Waals surface area contributed by atoms with Gasteiger partial charge in [-0.1, -0.05) is 36.2 Å². The Kier molecular flexibility index (Phi) is 3.62. The Morgan fingerprint density at radius 3 is 2.38 bits per heavy atom. The van der Waals surface area contributed by atoms with Crippen molar-refractivity contribution in [1.29, 1.82) is 0 Å². The summed E-state index contributed by atoms with van der Waals surface area (Å²) in [5.41, 5.74) is 0.225. The molecule has 2 rings (SSSR count). The number of likely N-dealkylation sites (tertiary alicyclic amines) is 1. The Labute approximate surface area is 107 Å². The molecule has 1 saturated heterocycles. The molecule has 1 atom stereocenters. The van der Waals surface area contributed by atoms with E-state index in [-0.39, 0.29) is 11.3 Å². The minimum absolute atomic E-state index is 0.225. The largest absolute Gasteiger partial charge is 0.342 e. The van der Waals surface area contributed by atoms with Crippen molar-refractivity contribution in [3.8, 4) is 0 Å². The lowest BCUT2D eigenvalue weighted by atomic mass is 9.81. The first-order valence-electron chi connectivity index (χ1n) is 6.43. The minimum Gasteiger partial charge on any atom is -0.342 e. The van der Waals surface area contributed by atoms with E-state index in [1.54, 1.807) is 0 Å². The average molecular weight is 288 g/mol. The van der Waals surface area contributed by atoms with Gasteiger partial charge in [0, 0.05) is 23.8 Å². The molecule has 1 unspecified atom stereocenters. The lowest BCUT2D eigenvalue weighted by Crippen LogP contribution is -2.44. The zero-order chi connectivity index (χ0) is 11.8. The molecule has 0 aromatic heterocycles. The molecule has 1 aliphatic carbocycles. The molecule has 3 heteroatoms. The SMILES string of the molecule is CC1(C)CCCC1C(=O)N1CCC(Br)CC1. The number of hydrogen-bond acceptors (Lipinski definition) is 1. The highest BCUT2D eigenvalue weighted by molar-refractivity contribution is 9.09. The minimum atomic E-state index is 0.225. The number of carbonyl (C=O) groups excluding carboxylic acids is 1. The molecular weight excluding hydrogens is 266 g/mol. The lowest BCUT2D eigenvalue weighted by Gasteiger charge is -2.35. The van der Waals surface area contributed by atoms with Crippen molar-refractivity contribution in [3.05, 3.63) is 0 Å². The summed E-state index contributed by atoms with van der Waals surface area (Å²) in [7, 11) is 0. The van der Waals surface area contributed by atoms with Crippen molar-refractivity contribution in [1.82, 2.24) is 4.90 Å². The average Bonchev–Trinajstić information content (AvgIpc) is 2.58. The van der Waals surface area contributed by atoms with E-state index in [9.17, 15) is 4.79 Å². The summed E-state index contributed by atoms with van der Waals surface area (Å²) in [5.74, 6) is 0.696. The Hall–Kier alpha value is -0.0500. The van der Waals surface area contributed by atoms with Crippen LogP contribution in [-0.2, 0) is 4.79 Å². The maximum Gasteiger partial charge on any atom is 0.226 e. The Balaban J connectivity index is 1.97. The molecule has 0 bridgehead atoms. The third kappa shape index (κ3) is 2.44. The number of alkyl halides is 1. The standard InChI is InChI=1S/C13H22BrNO/c1-13(2)7-3-4-11(13)12(16)15-8-5-10(14)6-9-15/h10-11H,3-9H2,1-2H3. The van der Waals surface area contributed by atoms with Crippen molar-refractivity contribution >= 4 is 21.8 Å². The van der Waals surface area contributed by atoms with Crippen molar-refractivity contribution in [2.24, 2.45) is 11.3 Å². The predicted molar refractivity (Wildman–Crippen MR) is 69.7 cm³/mol.